The highest BCUT2D eigenvalue weighted by molar-refractivity contribution is 5.93. The first kappa shape index (κ1) is 14.2. The van der Waals surface area contributed by atoms with E-state index in [1.165, 1.54) is 0 Å². The molecular formula is C17H20N4O2. The van der Waals surface area contributed by atoms with Crippen LogP contribution < -0.4 is 4.90 Å². The van der Waals surface area contributed by atoms with E-state index in [9.17, 15) is 4.79 Å². The summed E-state index contributed by atoms with van der Waals surface area (Å²) in [5.41, 5.74) is 1.82. The number of anilines is 1. The summed E-state index contributed by atoms with van der Waals surface area (Å²) in [5, 5.41) is 8.47. The Hall–Kier alpha value is -2.37. The Kier molecular flexibility index (Phi) is 3.32. The lowest BCUT2D eigenvalue weighted by atomic mass is 10.1. The Labute approximate surface area is 135 Å². The van der Waals surface area contributed by atoms with Gasteiger partial charge in [0.05, 0.1) is 24.0 Å². The molecule has 0 bridgehead atoms. The fourth-order valence-electron chi connectivity index (χ4n) is 3.79. The molecule has 2 aliphatic rings. The molecule has 2 atom stereocenters. The Bertz CT molecular complexity index is 724. The van der Waals surface area contributed by atoms with Crippen molar-refractivity contribution in [3.05, 3.63) is 41.5 Å². The van der Waals surface area contributed by atoms with Crippen LogP contribution in [0.1, 0.15) is 34.7 Å². The molecule has 4 rings (SSSR count). The van der Waals surface area contributed by atoms with Crippen LogP contribution in [0.2, 0.25) is 0 Å². The highest BCUT2D eigenvalue weighted by Gasteiger charge is 2.45. The van der Waals surface area contributed by atoms with E-state index < -0.39 is 0 Å². The largest absolute Gasteiger partial charge is 0.459 e. The third-order valence-electron chi connectivity index (χ3n) is 4.97. The second-order valence-electron chi connectivity index (χ2n) is 6.37. The number of fused-ring (bicyclic) bond motifs is 1. The van der Waals surface area contributed by atoms with Gasteiger partial charge in [-0.2, -0.15) is 5.10 Å². The first-order valence-electron chi connectivity index (χ1n) is 8.07. The van der Waals surface area contributed by atoms with Crippen molar-refractivity contribution >= 4 is 11.7 Å². The average molecular weight is 312 g/mol. The molecule has 0 spiro atoms. The first-order valence-corrected chi connectivity index (χ1v) is 8.07. The number of likely N-dealkylation sites (tertiary alicyclic amines) is 1. The summed E-state index contributed by atoms with van der Waals surface area (Å²) in [6.45, 7) is 5.52. The van der Waals surface area contributed by atoms with Gasteiger partial charge in [0.15, 0.2) is 11.6 Å². The standard InChI is InChI=1S/C17H20N4O2/c1-11-7-10-23-16(11)17(22)21-9-6-13-14(21)5-8-20(13)15-4-3-12(2)18-19-15/h3-4,7,10,13-14H,5-6,8-9H2,1-2H3/t13-,14-/m1/s1. The molecule has 6 heteroatoms. The number of nitrogens with zero attached hydrogens (tertiary/aromatic N) is 4. The summed E-state index contributed by atoms with van der Waals surface area (Å²) in [6, 6.07) is 6.40. The molecule has 0 radical (unpaired) electrons. The molecule has 0 aromatic carbocycles. The van der Waals surface area contributed by atoms with Crippen molar-refractivity contribution in [1.29, 1.82) is 0 Å². The van der Waals surface area contributed by atoms with Crippen LogP contribution in [0.15, 0.2) is 28.9 Å². The van der Waals surface area contributed by atoms with Gasteiger partial charge >= 0.3 is 0 Å². The normalized spacial score (nSPS) is 23.4. The van der Waals surface area contributed by atoms with Crippen molar-refractivity contribution in [2.24, 2.45) is 0 Å². The molecule has 0 saturated carbocycles. The van der Waals surface area contributed by atoms with Gasteiger partial charge in [0.25, 0.3) is 5.91 Å². The molecule has 2 aromatic heterocycles. The summed E-state index contributed by atoms with van der Waals surface area (Å²) < 4.78 is 5.38. The number of aryl methyl sites for hydroxylation is 2. The third kappa shape index (κ3) is 2.29. The number of furan rings is 1. The molecule has 2 aromatic rings. The van der Waals surface area contributed by atoms with E-state index in [0.29, 0.717) is 11.8 Å². The predicted octanol–water partition coefficient (Wildman–Crippen LogP) is 2.18. The monoisotopic (exact) mass is 312 g/mol. The highest BCUT2D eigenvalue weighted by atomic mass is 16.3. The summed E-state index contributed by atoms with van der Waals surface area (Å²) >= 11 is 0. The minimum atomic E-state index is 0.0110. The van der Waals surface area contributed by atoms with Crippen LogP contribution in [-0.4, -0.2) is 46.2 Å². The van der Waals surface area contributed by atoms with Crippen molar-refractivity contribution in [2.45, 2.75) is 38.8 Å². The zero-order valence-electron chi connectivity index (χ0n) is 13.4. The lowest BCUT2D eigenvalue weighted by molar-refractivity contribution is 0.0704. The van der Waals surface area contributed by atoms with Crippen LogP contribution >= 0.6 is 0 Å². The quantitative estimate of drug-likeness (QED) is 0.850. The van der Waals surface area contributed by atoms with Crippen molar-refractivity contribution < 1.29 is 9.21 Å². The van der Waals surface area contributed by atoms with Gasteiger partial charge in [-0.1, -0.05) is 0 Å². The molecule has 0 N–H and O–H groups in total. The maximum atomic E-state index is 12.7. The number of hydrogen-bond acceptors (Lipinski definition) is 5. The minimum absolute atomic E-state index is 0.0110. The fourth-order valence-corrected chi connectivity index (χ4v) is 3.79. The zero-order valence-corrected chi connectivity index (χ0v) is 13.4. The summed E-state index contributed by atoms with van der Waals surface area (Å²) in [7, 11) is 0. The molecule has 4 heterocycles. The lowest BCUT2D eigenvalue weighted by Gasteiger charge is -2.25. The number of aromatic nitrogens is 2. The van der Waals surface area contributed by atoms with E-state index in [2.05, 4.69) is 15.1 Å². The van der Waals surface area contributed by atoms with Crippen LogP contribution in [0, 0.1) is 13.8 Å². The van der Waals surface area contributed by atoms with Gasteiger partial charge < -0.3 is 14.2 Å². The lowest BCUT2D eigenvalue weighted by Crippen LogP contribution is -2.40. The van der Waals surface area contributed by atoms with E-state index >= 15 is 0 Å². The van der Waals surface area contributed by atoms with Crippen molar-refractivity contribution in [3.8, 4) is 0 Å². The van der Waals surface area contributed by atoms with E-state index in [4.69, 9.17) is 4.42 Å². The van der Waals surface area contributed by atoms with E-state index in [1.54, 1.807) is 6.26 Å². The van der Waals surface area contributed by atoms with Gasteiger partial charge in [-0.3, -0.25) is 4.79 Å². The molecule has 2 aliphatic heterocycles. The second-order valence-corrected chi connectivity index (χ2v) is 6.37. The van der Waals surface area contributed by atoms with Gasteiger partial charge in [-0.15, -0.1) is 5.10 Å². The zero-order chi connectivity index (χ0) is 16.0. The highest BCUT2D eigenvalue weighted by Crippen LogP contribution is 2.35. The fraction of sp³-hybridized carbons (Fsp3) is 0.471. The van der Waals surface area contributed by atoms with Crippen molar-refractivity contribution in [1.82, 2.24) is 15.1 Å². The van der Waals surface area contributed by atoms with Gasteiger partial charge in [0.2, 0.25) is 0 Å². The SMILES string of the molecule is Cc1ccc(N2CC[C@@H]3[C@H]2CCN3C(=O)c2occc2C)nn1. The van der Waals surface area contributed by atoms with Crippen LogP contribution in [0.5, 0.6) is 0 Å². The molecule has 0 unspecified atom stereocenters. The number of hydrogen-bond donors (Lipinski definition) is 0. The van der Waals surface area contributed by atoms with Crippen molar-refractivity contribution in [2.75, 3.05) is 18.0 Å². The average Bonchev–Trinajstić information content (AvgIpc) is 3.23. The Balaban J connectivity index is 1.55. The number of rotatable bonds is 2. The number of carbonyl (C=O) groups excluding carboxylic acids is 1. The van der Waals surface area contributed by atoms with Crippen LogP contribution in [0.25, 0.3) is 0 Å². The molecule has 6 nitrogen and oxygen atoms in total. The molecular weight excluding hydrogens is 292 g/mol. The molecule has 23 heavy (non-hydrogen) atoms. The Morgan fingerprint density at radius 1 is 1.13 bits per heavy atom. The number of carbonyl (C=O) groups is 1. The van der Waals surface area contributed by atoms with Crippen LogP contribution in [-0.2, 0) is 0 Å². The molecule has 0 aliphatic carbocycles. The third-order valence-corrected chi connectivity index (χ3v) is 4.97. The maximum Gasteiger partial charge on any atom is 0.290 e. The molecule has 120 valence electrons. The summed E-state index contributed by atoms with van der Waals surface area (Å²) in [5.74, 6) is 1.39. The first-order chi connectivity index (χ1) is 11.1. The Morgan fingerprint density at radius 3 is 2.65 bits per heavy atom. The number of amides is 1. The van der Waals surface area contributed by atoms with Gasteiger partial charge in [0.1, 0.15) is 0 Å². The van der Waals surface area contributed by atoms with Crippen LogP contribution in [0.3, 0.4) is 0 Å². The molecule has 2 saturated heterocycles. The smallest absolute Gasteiger partial charge is 0.290 e. The van der Waals surface area contributed by atoms with E-state index in [1.807, 2.05) is 36.9 Å². The van der Waals surface area contributed by atoms with Gasteiger partial charge in [-0.05, 0) is 44.9 Å². The molecule has 1 amide bonds. The Morgan fingerprint density at radius 2 is 1.96 bits per heavy atom. The molecule has 2 fully saturated rings. The van der Waals surface area contributed by atoms with Crippen molar-refractivity contribution in [3.63, 3.8) is 0 Å². The second kappa shape index (κ2) is 5.37. The van der Waals surface area contributed by atoms with Crippen LogP contribution in [0.4, 0.5) is 5.82 Å². The topological polar surface area (TPSA) is 62.5 Å². The minimum Gasteiger partial charge on any atom is -0.459 e. The van der Waals surface area contributed by atoms with Gasteiger partial charge in [0, 0.05) is 18.7 Å². The summed E-state index contributed by atoms with van der Waals surface area (Å²) in [6.07, 6.45) is 3.51. The summed E-state index contributed by atoms with van der Waals surface area (Å²) in [4.78, 5) is 17.0. The van der Waals surface area contributed by atoms with Gasteiger partial charge in [-0.25, -0.2) is 0 Å². The van der Waals surface area contributed by atoms with E-state index in [0.717, 1.165) is 43.0 Å². The maximum absolute atomic E-state index is 12.7. The predicted molar refractivity (Wildman–Crippen MR) is 85.4 cm³/mol. The van der Waals surface area contributed by atoms with E-state index in [-0.39, 0.29) is 11.9 Å².